The van der Waals surface area contributed by atoms with E-state index >= 15 is 0 Å². The topological polar surface area (TPSA) is 78.5 Å². The number of carbonyl (C=O) groups excluding carboxylic acids is 2. The van der Waals surface area contributed by atoms with Gasteiger partial charge in [-0.15, -0.1) is 0 Å². The van der Waals surface area contributed by atoms with Crippen LogP contribution < -0.4 is 10.6 Å². The number of benzene rings is 1. The highest BCUT2D eigenvalue weighted by Crippen LogP contribution is 2.29. The van der Waals surface area contributed by atoms with Crippen molar-refractivity contribution in [3.8, 4) is 0 Å². The Bertz CT molecular complexity index is 739. The number of hydrogen-bond acceptors (Lipinski definition) is 4. The first kappa shape index (κ1) is 26.5. The van der Waals surface area contributed by atoms with E-state index in [9.17, 15) is 13.8 Å². The van der Waals surface area contributed by atoms with E-state index in [-0.39, 0.29) is 29.9 Å². The molecular formula is C25H41N3O3S. The van der Waals surface area contributed by atoms with Crippen molar-refractivity contribution in [3.05, 3.63) is 35.9 Å². The molecule has 2 rings (SSSR count). The molecule has 1 aromatic rings. The Labute approximate surface area is 196 Å². The molecule has 0 aliphatic carbocycles. The van der Waals surface area contributed by atoms with Crippen LogP contribution >= 0.6 is 0 Å². The molecule has 2 amide bonds. The lowest BCUT2D eigenvalue weighted by atomic mass is 10.1. The van der Waals surface area contributed by atoms with E-state index in [0.29, 0.717) is 24.3 Å². The lowest BCUT2D eigenvalue weighted by Crippen LogP contribution is -2.55. The number of rotatable bonds is 13. The molecule has 1 saturated heterocycles. The van der Waals surface area contributed by atoms with Gasteiger partial charge in [0.2, 0.25) is 11.8 Å². The largest absolute Gasteiger partial charge is 0.343 e. The molecule has 32 heavy (non-hydrogen) atoms. The van der Waals surface area contributed by atoms with Crippen molar-refractivity contribution in [2.45, 2.75) is 89.9 Å². The van der Waals surface area contributed by atoms with Gasteiger partial charge in [-0.25, -0.2) is 0 Å². The highest BCUT2D eigenvalue weighted by Gasteiger charge is 2.40. The van der Waals surface area contributed by atoms with Gasteiger partial charge in [-0.05, 0) is 51.1 Å². The maximum Gasteiger partial charge on any atom is 0.245 e. The molecule has 0 aromatic heterocycles. The maximum atomic E-state index is 13.6. The molecule has 5 atom stereocenters. The Kier molecular flexibility index (Phi) is 11.4. The molecule has 0 radical (unpaired) electrons. The molecule has 1 aliphatic heterocycles. The molecule has 180 valence electrons. The number of likely N-dealkylation sites (N-methyl/N-ethyl adjacent to an activating group) is 1. The number of aryl methyl sites for hydroxylation is 1. The highest BCUT2D eigenvalue weighted by atomic mass is 32.2. The molecule has 1 aliphatic rings. The highest BCUT2D eigenvalue weighted by molar-refractivity contribution is 7.85. The average Bonchev–Trinajstić information content (AvgIpc) is 3.19. The van der Waals surface area contributed by atoms with Crippen molar-refractivity contribution in [2.75, 3.05) is 18.6 Å². The zero-order chi connectivity index (χ0) is 23.5. The van der Waals surface area contributed by atoms with Gasteiger partial charge in [-0.1, -0.05) is 57.5 Å². The Morgan fingerprint density at radius 1 is 1.06 bits per heavy atom. The minimum atomic E-state index is -0.994. The Balaban J connectivity index is 2.06. The molecule has 1 heterocycles. The van der Waals surface area contributed by atoms with E-state index < -0.39 is 16.8 Å². The van der Waals surface area contributed by atoms with Gasteiger partial charge in [0.05, 0.1) is 6.04 Å². The molecule has 0 spiro atoms. The summed E-state index contributed by atoms with van der Waals surface area (Å²) >= 11 is 0. The fourth-order valence-electron chi connectivity index (χ4n) is 4.59. The summed E-state index contributed by atoms with van der Waals surface area (Å²) in [5, 5.41) is 5.96. The maximum absolute atomic E-state index is 13.6. The van der Waals surface area contributed by atoms with Gasteiger partial charge >= 0.3 is 0 Å². The number of amides is 2. The summed E-state index contributed by atoms with van der Waals surface area (Å²) in [6.07, 6.45) is 5.76. The average molecular weight is 464 g/mol. The SMILES string of the molecule is CCC[C@H]1CC[C@@H](CS(=O)CCc2ccccc2)N1C(=O)C(CC)NC(=O)C(CC)NC. The van der Waals surface area contributed by atoms with Crippen molar-refractivity contribution in [1.82, 2.24) is 15.5 Å². The number of nitrogens with zero attached hydrogens (tertiary/aromatic N) is 1. The Morgan fingerprint density at radius 3 is 2.31 bits per heavy atom. The summed E-state index contributed by atoms with van der Waals surface area (Å²) in [4.78, 5) is 28.1. The van der Waals surface area contributed by atoms with Gasteiger partial charge in [-0.3, -0.25) is 13.8 Å². The molecule has 2 N–H and O–H groups in total. The minimum Gasteiger partial charge on any atom is -0.343 e. The van der Waals surface area contributed by atoms with E-state index in [1.807, 2.05) is 36.9 Å². The van der Waals surface area contributed by atoms with Crippen LogP contribution in [0, 0.1) is 0 Å². The second-order valence-corrected chi connectivity index (χ2v) is 10.3. The smallest absolute Gasteiger partial charge is 0.245 e. The first-order chi connectivity index (χ1) is 15.4. The van der Waals surface area contributed by atoms with Crippen LogP contribution in [0.1, 0.15) is 64.9 Å². The monoisotopic (exact) mass is 463 g/mol. The molecule has 3 unspecified atom stereocenters. The number of likely N-dealkylation sites (tertiary alicyclic amines) is 1. The predicted octanol–water partition coefficient (Wildman–Crippen LogP) is 3.03. The summed E-state index contributed by atoms with van der Waals surface area (Å²) in [7, 11) is 0.765. The number of carbonyl (C=O) groups is 2. The lowest BCUT2D eigenvalue weighted by Gasteiger charge is -2.34. The van der Waals surface area contributed by atoms with Crippen LogP contribution in [0.25, 0.3) is 0 Å². The zero-order valence-electron chi connectivity index (χ0n) is 20.1. The van der Waals surface area contributed by atoms with E-state index in [2.05, 4.69) is 29.7 Å². The van der Waals surface area contributed by atoms with E-state index in [4.69, 9.17) is 0 Å². The lowest BCUT2D eigenvalue weighted by molar-refractivity contribution is -0.139. The van der Waals surface area contributed by atoms with Gasteiger partial charge in [-0.2, -0.15) is 0 Å². The molecule has 7 heteroatoms. The van der Waals surface area contributed by atoms with Crippen LogP contribution in [-0.4, -0.2) is 63.6 Å². The van der Waals surface area contributed by atoms with Crippen LogP contribution in [0.2, 0.25) is 0 Å². The molecule has 6 nitrogen and oxygen atoms in total. The Hall–Kier alpha value is -1.73. The first-order valence-electron chi connectivity index (χ1n) is 12.1. The summed E-state index contributed by atoms with van der Waals surface area (Å²) in [6.45, 7) is 6.01. The summed E-state index contributed by atoms with van der Waals surface area (Å²) in [5.41, 5.74) is 1.19. The minimum absolute atomic E-state index is 0.0205. The predicted molar refractivity (Wildman–Crippen MR) is 132 cm³/mol. The molecule has 0 bridgehead atoms. The van der Waals surface area contributed by atoms with Crippen LogP contribution in [0.4, 0.5) is 0 Å². The van der Waals surface area contributed by atoms with Crippen LogP contribution in [0.15, 0.2) is 30.3 Å². The van der Waals surface area contributed by atoms with Gasteiger partial charge in [0.1, 0.15) is 6.04 Å². The molecule has 1 aromatic carbocycles. The third-order valence-electron chi connectivity index (χ3n) is 6.43. The molecule has 0 saturated carbocycles. The third-order valence-corrected chi connectivity index (χ3v) is 7.85. The zero-order valence-corrected chi connectivity index (χ0v) is 21.0. The van der Waals surface area contributed by atoms with Gasteiger partial charge in [0, 0.05) is 34.4 Å². The van der Waals surface area contributed by atoms with Crippen molar-refractivity contribution in [2.24, 2.45) is 0 Å². The standard InChI is InChI=1S/C25H41N3O3S/c1-5-11-20-14-15-21(18-32(31)17-16-19-12-9-8-10-13-19)28(20)25(30)23(7-3)27-24(29)22(6-2)26-4/h8-10,12-13,20-23,26H,5-7,11,14-18H2,1-4H3,(H,27,29)/t20-,21-,22?,23?,32?/m0/s1. The third kappa shape index (κ3) is 7.41. The van der Waals surface area contributed by atoms with E-state index in [1.165, 1.54) is 5.56 Å². The summed E-state index contributed by atoms with van der Waals surface area (Å²) in [6, 6.07) is 9.41. The number of hydrogen-bond donors (Lipinski definition) is 2. The van der Waals surface area contributed by atoms with Crippen molar-refractivity contribution < 1.29 is 13.8 Å². The van der Waals surface area contributed by atoms with E-state index in [0.717, 1.165) is 32.1 Å². The Morgan fingerprint density at radius 2 is 1.72 bits per heavy atom. The summed E-state index contributed by atoms with van der Waals surface area (Å²) in [5.74, 6) is 0.962. The van der Waals surface area contributed by atoms with Crippen molar-refractivity contribution >= 4 is 22.6 Å². The quantitative estimate of drug-likeness (QED) is 0.471. The first-order valence-corrected chi connectivity index (χ1v) is 13.6. The second kappa shape index (κ2) is 13.7. The second-order valence-electron chi connectivity index (χ2n) is 8.68. The van der Waals surface area contributed by atoms with Crippen LogP contribution in [0.3, 0.4) is 0 Å². The van der Waals surface area contributed by atoms with Crippen molar-refractivity contribution in [1.29, 1.82) is 0 Å². The normalized spacial score (nSPS) is 21.2. The van der Waals surface area contributed by atoms with Crippen LogP contribution in [0.5, 0.6) is 0 Å². The molecule has 1 fully saturated rings. The number of nitrogens with one attached hydrogen (secondary N) is 2. The van der Waals surface area contributed by atoms with Gasteiger partial charge in [0.25, 0.3) is 0 Å². The van der Waals surface area contributed by atoms with Gasteiger partial charge in [0.15, 0.2) is 0 Å². The van der Waals surface area contributed by atoms with Crippen molar-refractivity contribution in [3.63, 3.8) is 0 Å². The fourth-order valence-corrected chi connectivity index (χ4v) is 5.97. The van der Waals surface area contributed by atoms with Crippen LogP contribution in [-0.2, 0) is 26.8 Å². The fraction of sp³-hybridized carbons (Fsp3) is 0.680. The van der Waals surface area contributed by atoms with Gasteiger partial charge < -0.3 is 15.5 Å². The molecular weight excluding hydrogens is 422 g/mol. The summed E-state index contributed by atoms with van der Waals surface area (Å²) < 4.78 is 12.9. The van der Waals surface area contributed by atoms with E-state index in [1.54, 1.807) is 7.05 Å².